The SMILES string of the molecule is N#Cc1ccc2nc(C34CCC(OC(=O)c5cc(F)cc(F)c5)(CC3)CC4)sc2c1. The van der Waals surface area contributed by atoms with E-state index in [4.69, 9.17) is 15.0 Å². The van der Waals surface area contributed by atoms with Crippen molar-refractivity contribution in [2.75, 3.05) is 0 Å². The number of carbonyl (C=O) groups excluding carboxylic acids is 1. The smallest absolute Gasteiger partial charge is 0.338 e. The Bertz CT molecular complexity index is 1170. The Hall–Kier alpha value is -2.85. The quantitative estimate of drug-likeness (QED) is 0.510. The lowest BCUT2D eigenvalue weighted by Crippen LogP contribution is -2.50. The van der Waals surface area contributed by atoms with E-state index in [-0.39, 0.29) is 11.0 Å². The summed E-state index contributed by atoms with van der Waals surface area (Å²) in [5.74, 6) is -2.26. The third-order valence-electron chi connectivity index (χ3n) is 6.56. The van der Waals surface area contributed by atoms with Gasteiger partial charge in [0.05, 0.1) is 32.4 Å². The van der Waals surface area contributed by atoms with E-state index in [9.17, 15) is 13.6 Å². The molecule has 2 aromatic carbocycles. The fourth-order valence-corrected chi connectivity index (χ4v) is 6.05. The van der Waals surface area contributed by atoms with E-state index < -0.39 is 23.2 Å². The van der Waals surface area contributed by atoms with Crippen LogP contribution in [-0.4, -0.2) is 16.6 Å². The maximum absolute atomic E-state index is 13.5. The van der Waals surface area contributed by atoms with Gasteiger partial charge >= 0.3 is 5.97 Å². The second-order valence-corrected chi connectivity index (χ2v) is 9.35. The Balaban J connectivity index is 1.35. The third kappa shape index (κ3) is 3.16. The number of hydrogen-bond acceptors (Lipinski definition) is 5. The van der Waals surface area contributed by atoms with Crippen molar-refractivity contribution in [3.63, 3.8) is 0 Å². The van der Waals surface area contributed by atoms with Crippen LogP contribution in [0.15, 0.2) is 36.4 Å². The zero-order valence-electron chi connectivity index (χ0n) is 16.1. The molecule has 0 unspecified atom stereocenters. The maximum Gasteiger partial charge on any atom is 0.338 e. The van der Waals surface area contributed by atoms with Crippen LogP contribution in [0, 0.1) is 23.0 Å². The first-order chi connectivity index (χ1) is 14.4. The van der Waals surface area contributed by atoms with Gasteiger partial charge in [0.1, 0.15) is 17.2 Å². The van der Waals surface area contributed by atoms with Crippen molar-refractivity contribution in [2.45, 2.75) is 49.5 Å². The van der Waals surface area contributed by atoms with Crippen LogP contribution in [0.4, 0.5) is 8.78 Å². The van der Waals surface area contributed by atoms with Gasteiger partial charge in [0.2, 0.25) is 0 Å². The first kappa shape index (κ1) is 19.1. The third-order valence-corrected chi connectivity index (χ3v) is 7.82. The second kappa shape index (κ2) is 6.85. The highest BCUT2D eigenvalue weighted by Crippen LogP contribution is 2.56. The van der Waals surface area contributed by atoms with Crippen LogP contribution in [-0.2, 0) is 10.2 Å². The number of halogens is 2. The minimum atomic E-state index is -0.791. The van der Waals surface area contributed by atoms with Gasteiger partial charge in [-0.3, -0.25) is 0 Å². The van der Waals surface area contributed by atoms with Crippen LogP contribution in [0.3, 0.4) is 0 Å². The number of nitrogens with zero attached hydrogens (tertiary/aromatic N) is 2. The van der Waals surface area contributed by atoms with Crippen LogP contribution in [0.2, 0.25) is 0 Å². The molecule has 2 bridgehead atoms. The van der Waals surface area contributed by atoms with Crippen LogP contribution in [0.25, 0.3) is 10.2 Å². The van der Waals surface area contributed by atoms with E-state index in [1.54, 1.807) is 17.4 Å². The summed E-state index contributed by atoms with van der Waals surface area (Å²) < 4.78 is 33.7. The lowest BCUT2D eigenvalue weighted by Gasteiger charge is -2.51. The van der Waals surface area contributed by atoms with Crippen LogP contribution in [0.5, 0.6) is 0 Å². The number of carbonyl (C=O) groups is 1. The molecule has 0 N–H and O–H groups in total. The lowest BCUT2D eigenvalue weighted by atomic mass is 9.59. The molecule has 3 aliphatic carbocycles. The molecule has 0 aliphatic heterocycles. The van der Waals surface area contributed by atoms with Gasteiger partial charge in [0, 0.05) is 11.5 Å². The summed E-state index contributed by atoms with van der Waals surface area (Å²) in [4.78, 5) is 17.4. The Morgan fingerprint density at radius 3 is 2.33 bits per heavy atom. The molecule has 0 radical (unpaired) electrons. The van der Waals surface area contributed by atoms with Crippen molar-refractivity contribution in [3.05, 3.63) is 64.2 Å². The number of esters is 1. The van der Waals surface area contributed by atoms with Gasteiger partial charge in [-0.15, -0.1) is 11.3 Å². The summed E-state index contributed by atoms with van der Waals surface area (Å²) in [6.07, 6.45) is 4.66. The summed E-state index contributed by atoms with van der Waals surface area (Å²) in [6, 6.07) is 10.5. The molecule has 0 atom stereocenters. The highest BCUT2D eigenvalue weighted by atomic mass is 32.1. The van der Waals surface area contributed by atoms with Crippen LogP contribution < -0.4 is 0 Å². The first-order valence-electron chi connectivity index (χ1n) is 9.91. The highest BCUT2D eigenvalue weighted by Gasteiger charge is 2.52. The predicted molar refractivity (Wildman–Crippen MR) is 108 cm³/mol. The second-order valence-electron chi connectivity index (χ2n) is 8.32. The molecule has 4 nitrogen and oxygen atoms in total. The van der Waals surface area contributed by atoms with Crippen molar-refractivity contribution in [2.24, 2.45) is 0 Å². The monoisotopic (exact) mass is 424 g/mol. The number of thiazole rings is 1. The van der Waals surface area contributed by atoms with E-state index >= 15 is 0 Å². The number of benzene rings is 2. The van der Waals surface area contributed by atoms with Crippen molar-refractivity contribution in [1.82, 2.24) is 4.98 Å². The Morgan fingerprint density at radius 1 is 1.03 bits per heavy atom. The Morgan fingerprint density at radius 2 is 1.70 bits per heavy atom. The summed E-state index contributed by atoms with van der Waals surface area (Å²) >= 11 is 1.64. The zero-order valence-corrected chi connectivity index (χ0v) is 16.9. The van der Waals surface area contributed by atoms with E-state index in [1.165, 1.54) is 0 Å². The number of aromatic nitrogens is 1. The van der Waals surface area contributed by atoms with Crippen molar-refractivity contribution in [3.8, 4) is 6.07 Å². The molecule has 1 aromatic heterocycles. The molecular formula is C23H18F2N2O2S. The fraction of sp³-hybridized carbons (Fsp3) is 0.348. The average Bonchev–Trinajstić information content (AvgIpc) is 3.18. The van der Waals surface area contributed by atoms with E-state index in [1.807, 2.05) is 12.1 Å². The van der Waals surface area contributed by atoms with Crippen LogP contribution >= 0.6 is 11.3 Å². The Labute approximate surface area is 176 Å². The van der Waals surface area contributed by atoms with Gasteiger partial charge in [0.15, 0.2) is 0 Å². The average molecular weight is 424 g/mol. The molecular weight excluding hydrogens is 406 g/mol. The van der Waals surface area contributed by atoms with Crippen molar-refractivity contribution in [1.29, 1.82) is 5.26 Å². The summed E-state index contributed by atoms with van der Waals surface area (Å²) in [5, 5.41) is 10.2. The highest BCUT2D eigenvalue weighted by molar-refractivity contribution is 7.18. The van der Waals surface area contributed by atoms with Crippen molar-refractivity contribution < 1.29 is 18.3 Å². The number of ether oxygens (including phenoxy) is 1. The molecule has 3 fully saturated rings. The summed E-state index contributed by atoms with van der Waals surface area (Å²) in [5.41, 5.74) is 0.832. The molecule has 0 amide bonds. The van der Waals surface area contributed by atoms with Gasteiger partial charge in [-0.25, -0.2) is 18.6 Å². The molecule has 152 valence electrons. The fourth-order valence-electron chi connectivity index (χ4n) is 4.77. The molecule has 0 saturated heterocycles. The standard InChI is InChI=1S/C23H18F2N2O2S/c24-16-10-15(11-17(25)12-16)20(28)29-23-6-3-22(4-7-23,5-8-23)21-27-18-2-1-14(13-26)9-19(18)30-21/h1-2,9-12H,3-8H2. The Kier molecular flexibility index (Phi) is 4.37. The number of rotatable bonds is 3. The van der Waals surface area contributed by atoms with Gasteiger partial charge in [0.25, 0.3) is 0 Å². The van der Waals surface area contributed by atoms with Gasteiger partial charge in [-0.1, -0.05) is 0 Å². The number of hydrogen-bond donors (Lipinski definition) is 0. The van der Waals surface area contributed by atoms with E-state index in [0.717, 1.165) is 52.7 Å². The van der Waals surface area contributed by atoms with E-state index in [2.05, 4.69) is 6.07 Å². The lowest BCUT2D eigenvalue weighted by molar-refractivity contribution is -0.0839. The number of fused-ring (bicyclic) bond motifs is 4. The molecule has 1 heterocycles. The van der Waals surface area contributed by atoms with Gasteiger partial charge < -0.3 is 4.74 Å². The normalized spacial score (nSPS) is 25.2. The molecule has 3 aromatic rings. The minimum absolute atomic E-state index is 0.0321. The minimum Gasteiger partial charge on any atom is -0.455 e. The van der Waals surface area contributed by atoms with Gasteiger partial charge in [-0.05, 0) is 68.9 Å². The summed E-state index contributed by atoms with van der Waals surface area (Å²) in [7, 11) is 0. The number of nitriles is 1. The van der Waals surface area contributed by atoms with E-state index in [0.29, 0.717) is 24.8 Å². The van der Waals surface area contributed by atoms with Gasteiger partial charge in [-0.2, -0.15) is 5.26 Å². The molecule has 7 heteroatoms. The largest absolute Gasteiger partial charge is 0.455 e. The molecule has 0 spiro atoms. The maximum atomic E-state index is 13.5. The molecule has 3 aliphatic rings. The summed E-state index contributed by atoms with van der Waals surface area (Å²) in [6.45, 7) is 0. The molecule has 3 saturated carbocycles. The van der Waals surface area contributed by atoms with Crippen molar-refractivity contribution >= 4 is 27.5 Å². The first-order valence-corrected chi connectivity index (χ1v) is 10.7. The zero-order chi connectivity index (χ0) is 20.9. The molecule has 30 heavy (non-hydrogen) atoms. The predicted octanol–water partition coefficient (Wildman–Crippen LogP) is 5.65. The van der Waals surface area contributed by atoms with Crippen LogP contribution in [0.1, 0.15) is 59.5 Å². The topological polar surface area (TPSA) is 63.0 Å². The molecule has 6 rings (SSSR count).